The maximum Gasteiger partial charge on any atom is 0.325 e. The van der Waals surface area contributed by atoms with Gasteiger partial charge in [0.1, 0.15) is 11.3 Å². The summed E-state index contributed by atoms with van der Waals surface area (Å²) in [6.45, 7) is 4.96. The third kappa shape index (κ3) is 3.78. The molecule has 8 heteroatoms. The fourth-order valence-corrected chi connectivity index (χ4v) is 4.62. The molecule has 1 aliphatic rings. The van der Waals surface area contributed by atoms with E-state index in [0.717, 1.165) is 27.7 Å². The van der Waals surface area contributed by atoms with E-state index in [9.17, 15) is 14.4 Å². The Morgan fingerprint density at radius 2 is 1.76 bits per heavy atom. The van der Waals surface area contributed by atoms with Gasteiger partial charge >= 0.3 is 6.03 Å². The van der Waals surface area contributed by atoms with E-state index >= 15 is 0 Å². The van der Waals surface area contributed by atoms with E-state index in [2.05, 4.69) is 5.32 Å². The molecule has 33 heavy (non-hydrogen) atoms. The number of benzene rings is 2. The Labute approximate surface area is 196 Å². The van der Waals surface area contributed by atoms with Crippen molar-refractivity contribution in [3.05, 3.63) is 82.1 Å². The van der Waals surface area contributed by atoms with Crippen molar-refractivity contribution in [2.45, 2.75) is 26.3 Å². The second kappa shape index (κ2) is 8.41. The van der Waals surface area contributed by atoms with Gasteiger partial charge in [-0.05, 0) is 57.2 Å². The van der Waals surface area contributed by atoms with Crippen molar-refractivity contribution in [2.24, 2.45) is 0 Å². The highest BCUT2D eigenvalue weighted by atomic mass is 35.5. The SMILES string of the molecule is COc1ccc(-n2c(C)cc(C(=O)CN3C(=O)NC(C)(c4ccccc4Cl)C3=O)c2C)cc1. The Kier molecular flexibility index (Phi) is 5.76. The molecule has 1 N–H and O–H groups in total. The number of nitrogens with zero attached hydrogens (tertiary/aromatic N) is 2. The molecule has 1 atom stereocenters. The van der Waals surface area contributed by atoms with Crippen molar-refractivity contribution in [3.8, 4) is 11.4 Å². The normalized spacial score (nSPS) is 17.9. The van der Waals surface area contributed by atoms with E-state index in [4.69, 9.17) is 16.3 Å². The lowest BCUT2D eigenvalue weighted by Gasteiger charge is -2.23. The third-order valence-corrected chi connectivity index (χ3v) is 6.38. The topological polar surface area (TPSA) is 80.6 Å². The molecule has 1 saturated heterocycles. The molecule has 2 aromatic carbocycles. The quantitative estimate of drug-likeness (QED) is 0.432. The van der Waals surface area contributed by atoms with Crippen molar-refractivity contribution in [1.29, 1.82) is 0 Å². The summed E-state index contributed by atoms with van der Waals surface area (Å²) >= 11 is 6.27. The van der Waals surface area contributed by atoms with Crippen LogP contribution in [0, 0.1) is 13.8 Å². The first-order valence-electron chi connectivity index (χ1n) is 10.4. The summed E-state index contributed by atoms with van der Waals surface area (Å²) in [5.74, 6) is -0.106. The molecule has 3 amide bonds. The molecule has 4 rings (SSSR count). The van der Waals surface area contributed by atoms with Crippen LogP contribution < -0.4 is 10.1 Å². The Hall–Kier alpha value is -3.58. The number of Topliss-reactive ketones (excluding diaryl/α,β-unsaturated/α-hetero) is 1. The summed E-state index contributed by atoms with van der Waals surface area (Å²) in [7, 11) is 1.60. The maximum absolute atomic E-state index is 13.2. The van der Waals surface area contributed by atoms with E-state index in [1.54, 1.807) is 44.4 Å². The number of aromatic nitrogens is 1. The lowest BCUT2D eigenvalue weighted by Crippen LogP contribution is -2.41. The lowest BCUT2D eigenvalue weighted by molar-refractivity contribution is -0.130. The van der Waals surface area contributed by atoms with Gasteiger partial charge in [-0.2, -0.15) is 0 Å². The van der Waals surface area contributed by atoms with Crippen LogP contribution in [-0.4, -0.2) is 40.8 Å². The first-order chi connectivity index (χ1) is 15.7. The van der Waals surface area contributed by atoms with Crippen molar-refractivity contribution in [3.63, 3.8) is 0 Å². The lowest BCUT2D eigenvalue weighted by atomic mass is 9.92. The number of nitrogens with one attached hydrogen (secondary N) is 1. The number of halogens is 1. The number of hydrogen-bond donors (Lipinski definition) is 1. The minimum atomic E-state index is -1.34. The molecule has 2 heterocycles. The van der Waals surface area contributed by atoms with Crippen LogP contribution in [0.3, 0.4) is 0 Å². The molecule has 1 aliphatic heterocycles. The number of carbonyl (C=O) groups excluding carboxylic acids is 3. The van der Waals surface area contributed by atoms with E-state index < -0.39 is 17.5 Å². The first-order valence-corrected chi connectivity index (χ1v) is 10.8. The molecule has 0 aliphatic carbocycles. The maximum atomic E-state index is 13.2. The van der Waals surface area contributed by atoms with Gasteiger partial charge in [0.25, 0.3) is 5.91 Å². The summed E-state index contributed by atoms with van der Waals surface area (Å²) in [6, 6.07) is 15.5. The average Bonchev–Trinajstić information content (AvgIpc) is 3.21. The van der Waals surface area contributed by atoms with Crippen molar-refractivity contribution < 1.29 is 19.1 Å². The smallest absolute Gasteiger partial charge is 0.325 e. The molecule has 1 fully saturated rings. The van der Waals surface area contributed by atoms with Gasteiger partial charge in [0.15, 0.2) is 5.78 Å². The largest absolute Gasteiger partial charge is 0.497 e. The summed E-state index contributed by atoms with van der Waals surface area (Å²) in [5.41, 5.74) is 2.07. The van der Waals surface area contributed by atoms with Crippen LogP contribution in [-0.2, 0) is 10.3 Å². The molecule has 7 nitrogen and oxygen atoms in total. The fraction of sp³-hybridized carbons (Fsp3) is 0.240. The molecule has 0 saturated carbocycles. The summed E-state index contributed by atoms with van der Waals surface area (Å²) in [6.07, 6.45) is 0. The molecule has 170 valence electrons. The highest BCUT2D eigenvalue weighted by Gasteiger charge is 2.50. The van der Waals surface area contributed by atoms with Crippen molar-refractivity contribution >= 4 is 29.3 Å². The number of carbonyl (C=O) groups is 3. The van der Waals surface area contributed by atoms with E-state index in [-0.39, 0.29) is 12.3 Å². The summed E-state index contributed by atoms with van der Waals surface area (Å²) < 4.78 is 7.16. The predicted octanol–water partition coefficient (Wildman–Crippen LogP) is 4.41. The van der Waals surface area contributed by atoms with Crippen LogP contribution in [0.25, 0.3) is 5.69 Å². The van der Waals surface area contributed by atoms with Crippen LogP contribution in [0.5, 0.6) is 5.75 Å². The minimum Gasteiger partial charge on any atom is -0.497 e. The molecule has 0 spiro atoms. The highest BCUT2D eigenvalue weighted by molar-refractivity contribution is 6.32. The van der Waals surface area contributed by atoms with Crippen LogP contribution in [0.4, 0.5) is 4.79 Å². The predicted molar refractivity (Wildman–Crippen MR) is 125 cm³/mol. The molecular formula is C25H24ClN3O4. The second-order valence-electron chi connectivity index (χ2n) is 8.17. The van der Waals surface area contributed by atoms with Crippen molar-refractivity contribution in [2.75, 3.05) is 13.7 Å². The zero-order chi connectivity index (χ0) is 23.9. The minimum absolute atomic E-state index is 0.324. The highest BCUT2D eigenvalue weighted by Crippen LogP contribution is 2.33. The van der Waals surface area contributed by atoms with Crippen LogP contribution in [0.15, 0.2) is 54.6 Å². The van der Waals surface area contributed by atoms with Gasteiger partial charge in [-0.1, -0.05) is 29.8 Å². The van der Waals surface area contributed by atoms with Crippen LogP contribution in [0.2, 0.25) is 5.02 Å². The fourth-order valence-electron chi connectivity index (χ4n) is 4.29. The Bertz CT molecular complexity index is 1270. The van der Waals surface area contributed by atoms with Gasteiger partial charge in [0, 0.05) is 33.2 Å². The molecule has 0 bridgehead atoms. The van der Waals surface area contributed by atoms with Gasteiger partial charge in [0.05, 0.1) is 13.7 Å². The number of imide groups is 1. The van der Waals surface area contributed by atoms with Crippen molar-refractivity contribution in [1.82, 2.24) is 14.8 Å². The van der Waals surface area contributed by atoms with E-state index in [1.807, 2.05) is 42.7 Å². The molecule has 3 aromatic rings. The zero-order valence-corrected chi connectivity index (χ0v) is 19.6. The standard InChI is InChI=1S/C25H24ClN3O4/c1-15-13-19(16(2)29(15)17-9-11-18(33-4)12-10-17)22(30)14-28-23(31)25(3,27-24(28)32)20-7-5-6-8-21(20)26/h5-13H,14H2,1-4H3,(H,27,32). The van der Waals surface area contributed by atoms with Crippen LogP contribution >= 0.6 is 11.6 Å². The van der Waals surface area contributed by atoms with E-state index in [0.29, 0.717) is 16.1 Å². The Balaban J connectivity index is 1.61. The number of methoxy groups -OCH3 is 1. The number of amides is 3. The van der Waals surface area contributed by atoms with Crippen LogP contribution in [0.1, 0.15) is 34.2 Å². The molecule has 1 aromatic heterocycles. The Morgan fingerprint density at radius 1 is 1.09 bits per heavy atom. The number of urea groups is 1. The number of ether oxygens (including phenoxy) is 1. The monoisotopic (exact) mass is 465 g/mol. The van der Waals surface area contributed by atoms with Gasteiger partial charge in [-0.3, -0.25) is 14.5 Å². The average molecular weight is 466 g/mol. The van der Waals surface area contributed by atoms with Gasteiger partial charge in [-0.25, -0.2) is 4.79 Å². The first kappa shape index (κ1) is 22.6. The number of hydrogen-bond acceptors (Lipinski definition) is 4. The number of rotatable bonds is 6. The second-order valence-corrected chi connectivity index (χ2v) is 8.57. The number of aryl methyl sites for hydroxylation is 1. The summed E-state index contributed by atoms with van der Waals surface area (Å²) in [5, 5.41) is 3.06. The molecule has 1 unspecified atom stereocenters. The van der Waals surface area contributed by atoms with Gasteiger partial charge in [0.2, 0.25) is 0 Å². The van der Waals surface area contributed by atoms with Gasteiger partial charge < -0.3 is 14.6 Å². The summed E-state index contributed by atoms with van der Waals surface area (Å²) in [4.78, 5) is 40.0. The molecule has 0 radical (unpaired) electrons. The van der Waals surface area contributed by atoms with Gasteiger partial charge in [-0.15, -0.1) is 0 Å². The van der Waals surface area contributed by atoms with E-state index in [1.165, 1.54) is 0 Å². The third-order valence-electron chi connectivity index (χ3n) is 6.05. The zero-order valence-electron chi connectivity index (χ0n) is 18.8. The number of ketones is 1. The Morgan fingerprint density at radius 3 is 2.39 bits per heavy atom. The molecular weight excluding hydrogens is 442 g/mol.